The smallest absolute Gasteiger partial charge is 0.122 e. The summed E-state index contributed by atoms with van der Waals surface area (Å²) < 4.78 is 5.90. The minimum Gasteiger partial charge on any atom is -0.493 e. The van der Waals surface area contributed by atoms with Gasteiger partial charge in [0.2, 0.25) is 0 Å². The van der Waals surface area contributed by atoms with Crippen LogP contribution in [0.2, 0.25) is 0 Å². The molecule has 3 nitrogen and oxygen atoms in total. The van der Waals surface area contributed by atoms with Crippen LogP contribution < -0.4 is 4.74 Å². The molecule has 122 valence electrons. The van der Waals surface area contributed by atoms with Crippen molar-refractivity contribution in [3.8, 4) is 5.75 Å². The monoisotopic (exact) mass is 320 g/mol. The molecule has 1 atom stereocenters. The molecule has 1 fully saturated rings. The lowest BCUT2D eigenvalue weighted by Crippen LogP contribution is -2.48. The van der Waals surface area contributed by atoms with Crippen LogP contribution in [0.1, 0.15) is 12.0 Å². The van der Waals surface area contributed by atoms with Crippen LogP contribution in [0.15, 0.2) is 24.3 Å². The topological polar surface area (TPSA) is 15.7 Å². The third-order valence-corrected chi connectivity index (χ3v) is 5.45. The maximum absolute atomic E-state index is 5.90. The van der Waals surface area contributed by atoms with E-state index < -0.39 is 0 Å². The minimum atomic E-state index is 0.737. The molecule has 1 aromatic carbocycles. The number of thioether (sulfide) groups is 1. The van der Waals surface area contributed by atoms with Crippen LogP contribution in [0.3, 0.4) is 0 Å². The molecule has 0 unspecified atom stereocenters. The summed E-state index contributed by atoms with van der Waals surface area (Å²) in [6, 6.07) is 8.55. The van der Waals surface area contributed by atoms with Gasteiger partial charge in [0.15, 0.2) is 0 Å². The van der Waals surface area contributed by atoms with Gasteiger partial charge in [-0.15, -0.1) is 0 Å². The van der Waals surface area contributed by atoms with E-state index in [1.807, 2.05) is 11.8 Å². The van der Waals surface area contributed by atoms with E-state index in [0.29, 0.717) is 0 Å². The molecule has 0 aliphatic carbocycles. The minimum absolute atomic E-state index is 0.737. The van der Waals surface area contributed by atoms with Gasteiger partial charge in [-0.25, -0.2) is 0 Å². The molecule has 0 saturated carbocycles. The normalized spacial score (nSPS) is 23.6. The number of hydrogen-bond acceptors (Lipinski definition) is 4. The van der Waals surface area contributed by atoms with Crippen molar-refractivity contribution in [1.29, 1.82) is 0 Å². The van der Waals surface area contributed by atoms with Gasteiger partial charge < -0.3 is 9.64 Å². The molecule has 2 aliphatic heterocycles. The SMILES string of the molecule is CSCCN1CCN(C[C@@H]2CCOc3ccccc3C2)CC1. The average Bonchev–Trinajstić information content (AvgIpc) is 2.76. The number of ether oxygens (including phenoxy) is 1. The zero-order chi connectivity index (χ0) is 15.2. The third kappa shape index (κ3) is 4.40. The molecular formula is C18H28N2OS. The van der Waals surface area contributed by atoms with E-state index in [1.165, 1.54) is 63.4 Å². The van der Waals surface area contributed by atoms with Crippen molar-refractivity contribution >= 4 is 11.8 Å². The molecule has 2 aliphatic rings. The first kappa shape index (κ1) is 16.2. The van der Waals surface area contributed by atoms with Gasteiger partial charge in [0, 0.05) is 45.0 Å². The van der Waals surface area contributed by atoms with Crippen molar-refractivity contribution in [3.05, 3.63) is 29.8 Å². The number of nitrogens with zero attached hydrogens (tertiary/aromatic N) is 2. The Morgan fingerprint density at radius 1 is 1.14 bits per heavy atom. The Bertz CT molecular complexity index is 460. The van der Waals surface area contributed by atoms with Crippen LogP contribution in [0.5, 0.6) is 5.75 Å². The quantitative estimate of drug-likeness (QED) is 0.828. The Hall–Kier alpha value is -0.710. The Balaban J connectivity index is 1.48. The second-order valence-corrected chi connectivity index (χ2v) is 7.44. The molecule has 4 heteroatoms. The van der Waals surface area contributed by atoms with Gasteiger partial charge in [-0.3, -0.25) is 4.90 Å². The van der Waals surface area contributed by atoms with Gasteiger partial charge in [0.05, 0.1) is 6.61 Å². The number of rotatable bonds is 5. The number of fused-ring (bicyclic) bond motifs is 1. The van der Waals surface area contributed by atoms with E-state index in [4.69, 9.17) is 4.74 Å². The summed E-state index contributed by atoms with van der Waals surface area (Å²) in [7, 11) is 0. The van der Waals surface area contributed by atoms with Crippen molar-refractivity contribution in [2.45, 2.75) is 12.8 Å². The van der Waals surface area contributed by atoms with Crippen molar-refractivity contribution in [2.24, 2.45) is 5.92 Å². The molecule has 22 heavy (non-hydrogen) atoms. The summed E-state index contributed by atoms with van der Waals surface area (Å²) in [5, 5.41) is 0. The lowest BCUT2D eigenvalue weighted by atomic mass is 9.96. The van der Waals surface area contributed by atoms with Gasteiger partial charge in [-0.05, 0) is 36.6 Å². The summed E-state index contributed by atoms with van der Waals surface area (Å²) in [4.78, 5) is 5.27. The molecule has 0 bridgehead atoms. The van der Waals surface area contributed by atoms with E-state index >= 15 is 0 Å². The van der Waals surface area contributed by atoms with Gasteiger partial charge in [0.1, 0.15) is 5.75 Å². The number of piperazine rings is 1. The first-order chi connectivity index (χ1) is 10.8. The summed E-state index contributed by atoms with van der Waals surface area (Å²) in [5.74, 6) is 3.10. The van der Waals surface area contributed by atoms with E-state index in [9.17, 15) is 0 Å². The second-order valence-electron chi connectivity index (χ2n) is 6.45. The van der Waals surface area contributed by atoms with Gasteiger partial charge in [0.25, 0.3) is 0 Å². The fourth-order valence-electron chi connectivity index (χ4n) is 3.50. The number of para-hydroxylation sites is 1. The summed E-state index contributed by atoms with van der Waals surface area (Å²) >= 11 is 1.95. The predicted molar refractivity (Wildman–Crippen MR) is 95.0 cm³/mol. The standard InChI is InChI=1S/C18H28N2OS/c1-22-13-11-19-7-9-20(10-8-19)15-16-6-12-21-18-5-3-2-4-17(18)14-16/h2-5,16H,6-15H2,1H3/t16-/m1/s1. The molecule has 1 aromatic rings. The van der Waals surface area contributed by atoms with Crippen molar-refractivity contribution in [3.63, 3.8) is 0 Å². The third-order valence-electron chi connectivity index (χ3n) is 4.86. The van der Waals surface area contributed by atoms with E-state index in [-0.39, 0.29) is 0 Å². The molecule has 0 amide bonds. The lowest BCUT2D eigenvalue weighted by Gasteiger charge is -2.36. The Morgan fingerprint density at radius 2 is 1.91 bits per heavy atom. The molecular weight excluding hydrogens is 292 g/mol. The van der Waals surface area contributed by atoms with Gasteiger partial charge in [-0.1, -0.05) is 18.2 Å². The summed E-state index contributed by atoms with van der Waals surface area (Å²) in [5.41, 5.74) is 1.39. The largest absolute Gasteiger partial charge is 0.493 e. The van der Waals surface area contributed by atoms with Crippen molar-refractivity contribution in [1.82, 2.24) is 9.80 Å². The zero-order valence-corrected chi connectivity index (χ0v) is 14.5. The van der Waals surface area contributed by atoms with Crippen molar-refractivity contribution in [2.75, 3.05) is 57.9 Å². The van der Waals surface area contributed by atoms with Crippen LogP contribution in [0.4, 0.5) is 0 Å². The number of benzene rings is 1. The Labute approximate surface area is 139 Å². The fourth-order valence-corrected chi connectivity index (χ4v) is 3.94. The molecule has 1 saturated heterocycles. The van der Waals surface area contributed by atoms with E-state index in [1.54, 1.807) is 0 Å². The van der Waals surface area contributed by atoms with Crippen LogP contribution >= 0.6 is 11.8 Å². The van der Waals surface area contributed by atoms with Gasteiger partial charge in [-0.2, -0.15) is 11.8 Å². The fraction of sp³-hybridized carbons (Fsp3) is 0.667. The predicted octanol–water partition coefficient (Wildman–Crippen LogP) is 2.61. The Kier molecular flexibility index (Phi) is 6.04. The first-order valence-corrected chi connectivity index (χ1v) is 9.89. The van der Waals surface area contributed by atoms with Gasteiger partial charge >= 0.3 is 0 Å². The zero-order valence-electron chi connectivity index (χ0n) is 13.7. The molecule has 0 spiro atoms. The van der Waals surface area contributed by atoms with E-state index in [2.05, 4.69) is 40.3 Å². The second kappa shape index (κ2) is 8.23. The summed E-state index contributed by atoms with van der Waals surface area (Å²) in [6.07, 6.45) is 4.55. The molecule has 0 radical (unpaired) electrons. The van der Waals surface area contributed by atoms with Crippen LogP contribution in [0.25, 0.3) is 0 Å². The first-order valence-electron chi connectivity index (χ1n) is 8.49. The maximum atomic E-state index is 5.90. The highest BCUT2D eigenvalue weighted by molar-refractivity contribution is 7.98. The molecule has 0 N–H and O–H groups in total. The van der Waals surface area contributed by atoms with Crippen molar-refractivity contribution < 1.29 is 4.74 Å². The highest BCUT2D eigenvalue weighted by Crippen LogP contribution is 2.27. The van der Waals surface area contributed by atoms with Crippen LogP contribution in [-0.4, -0.2) is 67.7 Å². The molecule has 2 heterocycles. The highest BCUT2D eigenvalue weighted by atomic mass is 32.2. The summed E-state index contributed by atoms with van der Waals surface area (Å²) in [6.45, 7) is 8.28. The maximum Gasteiger partial charge on any atom is 0.122 e. The highest BCUT2D eigenvalue weighted by Gasteiger charge is 2.22. The molecule has 3 rings (SSSR count). The molecule has 0 aromatic heterocycles. The average molecular weight is 321 g/mol. The van der Waals surface area contributed by atoms with Crippen LogP contribution in [-0.2, 0) is 6.42 Å². The Morgan fingerprint density at radius 3 is 2.73 bits per heavy atom. The lowest BCUT2D eigenvalue weighted by molar-refractivity contribution is 0.118. The van der Waals surface area contributed by atoms with Crippen LogP contribution in [0, 0.1) is 5.92 Å². The number of hydrogen-bond donors (Lipinski definition) is 0. The van der Waals surface area contributed by atoms with E-state index in [0.717, 1.165) is 18.3 Å².